The summed E-state index contributed by atoms with van der Waals surface area (Å²) in [7, 11) is 0. The molecule has 0 atom stereocenters. The van der Waals surface area contributed by atoms with Gasteiger partial charge in [0.05, 0.1) is 46.6 Å². The Morgan fingerprint density at radius 2 is 0.833 bits per heavy atom. The molecular weight excluding hydrogens is 624 g/mol. The first-order valence-corrected chi connectivity index (χ1v) is 14.6. The highest BCUT2D eigenvalue weighted by Gasteiger charge is 2.38. The maximum absolute atomic E-state index is 13.5. The van der Waals surface area contributed by atoms with E-state index in [0.29, 0.717) is 0 Å². The number of carbonyl (C=O) groups is 6. The van der Waals surface area contributed by atoms with Crippen molar-refractivity contribution in [2.24, 2.45) is 0 Å². The lowest BCUT2D eigenvalue weighted by Crippen LogP contribution is -2.43. The van der Waals surface area contributed by atoms with Gasteiger partial charge in [0.25, 0.3) is 0 Å². The predicted molar refractivity (Wildman–Crippen MR) is 168 cm³/mol. The molecule has 0 aromatic heterocycles. The molecule has 0 saturated heterocycles. The lowest BCUT2D eigenvalue weighted by atomic mass is 9.96. The second-order valence-electron chi connectivity index (χ2n) is 10.4. The van der Waals surface area contributed by atoms with Crippen LogP contribution in [0.5, 0.6) is 0 Å². The Hall–Kier alpha value is -6.30. The van der Waals surface area contributed by atoms with Gasteiger partial charge in [0.1, 0.15) is 6.61 Å². The van der Waals surface area contributed by atoms with Crippen molar-refractivity contribution in [1.82, 2.24) is 0 Å². The maximum atomic E-state index is 13.5. The topological polar surface area (TPSA) is 180 Å². The lowest BCUT2D eigenvalue weighted by Gasteiger charge is -2.33. The summed E-state index contributed by atoms with van der Waals surface area (Å²) in [6.07, 6.45) is -0.497. The molecule has 48 heavy (non-hydrogen) atoms. The van der Waals surface area contributed by atoms with E-state index in [1.807, 2.05) is 0 Å². The Kier molecular flexibility index (Phi) is 11.8. The van der Waals surface area contributed by atoms with Crippen molar-refractivity contribution in [2.75, 3.05) is 19.8 Å². The van der Waals surface area contributed by atoms with Crippen LogP contribution in [-0.2, 0) is 18.9 Å². The zero-order valence-corrected chi connectivity index (χ0v) is 25.4. The number of carbonyl (C=O) groups excluding carboxylic acids is 4. The summed E-state index contributed by atoms with van der Waals surface area (Å²) in [6.45, 7) is -1.32. The standard InChI is InChI=1S/C36H30O12/c37-30(38)26-13-7-15-28(21-26)34(43)47-23-36(17-19-45-32(41)24-9-3-1-4-10-24,18-20-46-33(42)25-11-5-2-6-12-25)48-35(44)29-16-8-14-27(22-29)31(39)40/h1-16,21-22H,17-20,23H2,(H,37,38)(H,39,40). The number of hydrogen-bond acceptors (Lipinski definition) is 10. The number of esters is 4. The van der Waals surface area contributed by atoms with Gasteiger partial charge < -0.3 is 29.2 Å². The van der Waals surface area contributed by atoms with Crippen molar-refractivity contribution in [1.29, 1.82) is 0 Å². The Morgan fingerprint density at radius 1 is 0.458 bits per heavy atom. The fraction of sp³-hybridized carbons (Fsp3) is 0.167. The van der Waals surface area contributed by atoms with Gasteiger partial charge in [-0.05, 0) is 60.7 Å². The van der Waals surface area contributed by atoms with Crippen LogP contribution in [0.1, 0.15) is 75.0 Å². The Balaban J connectivity index is 1.62. The average Bonchev–Trinajstić information content (AvgIpc) is 3.11. The van der Waals surface area contributed by atoms with Crippen molar-refractivity contribution in [3.63, 3.8) is 0 Å². The first-order chi connectivity index (χ1) is 23.1. The fourth-order valence-electron chi connectivity index (χ4n) is 4.47. The minimum absolute atomic E-state index is 0.102. The smallest absolute Gasteiger partial charge is 0.338 e. The summed E-state index contributed by atoms with van der Waals surface area (Å²) < 4.78 is 22.3. The van der Waals surface area contributed by atoms with Crippen LogP contribution in [0.2, 0.25) is 0 Å². The van der Waals surface area contributed by atoms with Gasteiger partial charge in [0.2, 0.25) is 0 Å². The summed E-state index contributed by atoms with van der Waals surface area (Å²) in [6, 6.07) is 26.3. The van der Waals surface area contributed by atoms with Crippen molar-refractivity contribution in [3.8, 4) is 0 Å². The third-order valence-corrected chi connectivity index (χ3v) is 7.07. The van der Waals surface area contributed by atoms with E-state index in [1.54, 1.807) is 60.7 Å². The molecule has 4 rings (SSSR count). The Morgan fingerprint density at radius 3 is 1.27 bits per heavy atom. The predicted octanol–water partition coefficient (Wildman–Crippen LogP) is 5.33. The van der Waals surface area contributed by atoms with Crippen LogP contribution in [0, 0.1) is 0 Å². The summed E-state index contributed by atoms with van der Waals surface area (Å²) in [5.74, 6) is -5.85. The van der Waals surface area contributed by atoms with E-state index in [0.717, 1.165) is 12.1 Å². The maximum Gasteiger partial charge on any atom is 0.338 e. The van der Waals surface area contributed by atoms with E-state index in [4.69, 9.17) is 18.9 Å². The summed E-state index contributed by atoms with van der Waals surface area (Å²) in [5, 5.41) is 18.7. The highest BCUT2D eigenvalue weighted by molar-refractivity contribution is 5.96. The monoisotopic (exact) mass is 654 g/mol. The highest BCUT2D eigenvalue weighted by Crippen LogP contribution is 2.26. The van der Waals surface area contributed by atoms with Crippen molar-refractivity contribution >= 4 is 35.8 Å². The van der Waals surface area contributed by atoms with Crippen LogP contribution in [0.15, 0.2) is 109 Å². The number of ether oxygens (including phenoxy) is 4. The molecule has 0 heterocycles. The lowest BCUT2D eigenvalue weighted by molar-refractivity contribution is -0.0775. The van der Waals surface area contributed by atoms with Crippen LogP contribution < -0.4 is 0 Å². The first-order valence-electron chi connectivity index (χ1n) is 14.6. The van der Waals surface area contributed by atoms with Crippen molar-refractivity contribution in [3.05, 3.63) is 143 Å². The number of carboxylic acid groups (broad SMARTS) is 2. The molecule has 246 valence electrons. The molecular formula is C36H30O12. The molecule has 4 aromatic carbocycles. The quantitative estimate of drug-likeness (QED) is 0.124. The minimum atomic E-state index is -1.79. The van der Waals surface area contributed by atoms with Crippen LogP contribution in [0.4, 0.5) is 0 Å². The largest absolute Gasteiger partial charge is 0.478 e. The highest BCUT2D eigenvalue weighted by atomic mass is 16.6. The van der Waals surface area contributed by atoms with Gasteiger partial charge in [-0.15, -0.1) is 0 Å². The van der Waals surface area contributed by atoms with Crippen LogP contribution in [-0.4, -0.2) is 71.5 Å². The van der Waals surface area contributed by atoms with Gasteiger partial charge in [-0.3, -0.25) is 0 Å². The van der Waals surface area contributed by atoms with Crippen LogP contribution >= 0.6 is 0 Å². The molecule has 0 spiro atoms. The second-order valence-corrected chi connectivity index (χ2v) is 10.4. The van der Waals surface area contributed by atoms with E-state index < -0.39 is 48.0 Å². The molecule has 2 N–H and O–H groups in total. The SMILES string of the molecule is O=C(O)c1cccc(C(=O)OCC(CCOC(=O)c2ccccc2)(CCOC(=O)c2ccccc2)OC(=O)c2cccc(C(=O)O)c2)c1. The van der Waals surface area contributed by atoms with Gasteiger partial charge in [0.15, 0.2) is 5.60 Å². The Labute approximate surface area is 274 Å². The number of carboxylic acids is 2. The molecule has 0 radical (unpaired) electrons. The summed E-state index contributed by atoms with van der Waals surface area (Å²) >= 11 is 0. The molecule has 0 aliphatic rings. The molecule has 0 aliphatic carbocycles. The van der Waals surface area contributed by atoms with Gasteiger partial charge in [-0.1, -0.05) is 48.5 Å². The van der Waals surface area contributed by atoms with Crippen molar-refractivity contribution < 1.29 is 57.9 Å². The third-order valence-electron chi connectivity index (χ3n) is 7.07. The summed E-state index contributed by atoms with van der Waals surface area (Å²) in [4.78, 5) is 74.9. The van der Waals surface area contributed by atoms with E-state index in [9.17, 15) is 39.0 Å². The molecule has 0 fully saturated rings. The average molecular weight is 655 g/mol. The van der Waals surface area contributed by atoms with Crippen molar-refractivity contribution in [2.45, 2.75) is 18.4 Å². The second kappa shape index (κ2) is 16.3. The molecule has 0 amide bonds. The molecule has 0 saturated carbocycles. The van der Waals surface area contributed by atoms with Crippen LogP contribution in [0.25, 0.3) is 0 Å². The summed E-state index contributed by atoms with van der Waals surface area (Å²) in [5.41, 5.74) is -1.86. The van der Waals surface area contributed by atoms with Gasteiger partial charge in [-0.25, -0.2) is 28.8 Å². The molecule has 0 bridgehead atoms. The van der Waals surface area contributed by atoms with E-state index in [2.05, 4.69) is 0 Å². The number of aromatic carboxylic acids is 2. The molecule has 12 nitrogen and oxygen atoms in total. The van der Waals surface area contributed by atoms with E-state index in [1.165, 1.54) is 36.4 Å². The Bertz CT molecular complexity index is 1730. The minimum Gasteiger partial charge on any atom is -0.478 e. The molecule has 0 aliphatic heterocycles. The van der Waals surface area contributed by atoms with E-state index >= 15 is 0 Å². The fourth-order valence-corrected chi connectivity index (χ4v) is 4.47. The zero-order chi connectivity index (χ0) is 34.5. The number of hydrogen-bond donors (Lipinski definition) is 2. The zero-order valence-electron chi connectivity index (χ0n) is 25.4. The number of benzene rings is 4. The van der Waals surface area contributed by atoms with E-state index in [-0.39, 0.29) is 59.4 Å². The van der Waals surface area contributed by atoms with Crippen LogP contribution in [0.3, 0.4) is 0 Å². The third kappa shape index (κ3) is 9.60. The van der Waals surface area contributed by atoms with Gasteiger partial charge in [0, 0.05) is 12.8 Å². The molecule has 12 heteroatoms. The molecule has 4 aromatic rings. The van der Waals surface area contributed by atoms with Gasteiger partial charge in [-0.2, -0.15) is 0 Å². The molecule has 0 unspecified atom stereocenters. The number of rotatable bonds is 15. The first kappa shape index (κ1) is 34.6. The van der Waals surface area contributed by atoms with Gasteiger partial charge >= 0.3 is 35.8 Å². The normalized spacial score (nSPS) is 10.8.